The zero-order valence-corrected chi connectivity index (χ0v) is 18.1. The van der Waals surface area contributed by atoms with Crippen LogP contribution >= 0.6 is 11.3 Å². The molecule has 0 aliphatic carbocycles. The standard InChI is InChI=1S/C25H21N3O3S/c1-31-20-14-12-18(13-15-20)26-21-5-2-3-6-22(21)28-24(29)17-8-10-19(11-9-17)27-25(30)23-7-4-16-32-23/h2-16,26H,1H3,(H,27,30)(H,28,29). The molecule has 0 saturated heterocycles. The van der Waals surface area contributed by atoms with Gasteiger partial charge in [-0.3, -0.25) is 9.59 Å². The van der Waals surface area contributed by atoms with Crippen LogP contribution in [0.2, 0.25) is 0 Å². The van der Waals surface area contributed by atoms with E-state index in [1.165, 1.54) is 11.3 Å². The zero-order chi connectivity index (χ0) is 22.3. The summed E-state index contributed by atoms with van der Waals surface area (Å²) in [4.78, 5) is 25.6. The van der Waals surface area contributed by atoms with Gasteiger partial charge in [-0.25, -0.2) is 0 Å². The fourth-order valence-corrected chi connectivity index (χ4v) is 3.65. The van der Waals surface area contributed by atoms with Gasteiger partial charge in [0.05, 0.1) is 23.4 Å². The summed E-state index contributed by atoms with van der Waals surface area (Å²) < 4.78 is 5.19. The summed E-state index contributed by atoms with van der Waals surface area (Å²) in [5, 5.41) is 10.9. The lowest BCUT2D eigenvalue weighted by molar-refractivity contribution is 0.102. The van der Waals surface area contributed by atoms with Gasteiger partial charge in [-0.15, -0.1) is 11.3 Å². The molecule has 7 heteroatoms. The number of ether oxygens (including phenoxy) is 1. The molecule has 6 nitrogen and oxygen atoms in total. The Kier molecular flexibility index (Phi) is 6.48. The number of hydrogen-bond donors (Lipinski definition) is 3. The normalized spacial score (nSPS) is 10.3. The monoisotopic (exact) mass is 443 g/mol. The minimum atomic E-state index is -0.245. The number of thiophene rings is 1. The third-order valence-electron chi connectivity index (χ3n) is 4.69. The molecule has 1 heterocycles. The Hall–Kier alpha value is -4.10. The van der Waals surface area contributed by atoms with Gasteiger partial charge in [0.2, 0.25) is 0 Å². The van der Waals surface area contributed by atoms with E-state index in [0.29, 0.717) is 21.8 Å². The number of hydrogen-bond acceptors (Lipinski definition) is 5. The lowest BCUT2D eigenvalue weighted by Crippen LogP contribution is -2.14. The van der Waals surface area contributed by atoms with Crippen LogP contribution in [-0.2, 0) is 0 Å². The molecule has 4 rings (SSSR count). The first-order chi connectivity index (χ1) is 15.6. The Bertz CT molecular complexity index is 1200. The van der Waals surface area contributed by atoms with Crippen LogP contribution < -0.4 is 20.7 Å². The molecule has 0 aliphatic rings. The maximum Gasteiger partial charge on any atom is 0.265 e. The van der Waals surface area contributed by atoms with Crippen LogP contribution in [0.25, 0.3) is 0 Å². The van der Waals surface area contributed by atoms with Gasteiger partial charge in [-0.05, 0) is 72.1 Å². The second kappa shape index (κ2) is 9.80. The fourth-order valence-electron chi connectivity index (χ4n) is 3.03. The maximum atomic E-state index is 12.8. The van der Waals surface area contributed by atoms with Crippen LogP contribution in [0, 0.1) is 0 Å². The molecule has 0 atom stereocenters. The van der Waals surface area contributed by atoms with Crippen molar-refractivity contribution in [2.24, 2.45) is 0 Å². The van der Waals surface area contributed by atoms with E-state index >= 15 is 0 Å². The SMILES string of the molecule is COc1ccc(Nc2ccccc2NC(=O)c2ccc(NC(=O)c3cccs3)cc2)cc1. The first kappa shape index (κ1) is 21.1. The molecule has 3 aromatic carbocycles. The van der Waals surface area contributed by atoms with E-state index in [9.17, 15) is 9.59 Å². The smallest absolute Gasteiger partial charge is 0.265 e. The lowest BCUT2D eigenvalue weighted by Gasteiger charge is -2.14. The van der Waals surface area contributed by atoms with Crippen molar-refractivity contribution in [3.05, 3.63) is 101 Å². The van der Waals surface area contributed by atoms with Crippen molar-refractivity contribution in [2.45, 2.75) is 0 Å². The van der Waals surface area contributed by atoms with Crippen LogP contribution in [0.15, 0.2) is 90.3 Å². The molecule has 2 amide bonds. The molecular formula is C25H21N3O3S. The van der Waals surface area contributed by atoms with Crippen molar-refractivity contribution in [2.75, 3.05) is 23.1 Å². The number of nitrogens with one attached hydrogen (secondary N) is 3. The molecule has 0 unspecified atom stereocenters. The van der Waals surface area contributed by atoms with E-state index in [-0.39, 0.29) is 11.8 Å². The lowest BCUT2D eigenvalue weighted by atomic mass is 10.1. The van der Waals surface area contributed by atoms with Gasteiger partial charge >= 0.3 is 0 Å². The van der Waals surface area contributed by atoms with Crippen LogP contribution in [0.3, 0.4) is 0 Å². The molecule has 0 fully saturated rings. The molecule has 4 aromatic rings. The highest BCUT2D eigenvalue weighted by Crippen LogP contribution is 2.27. The number of methoxy groups -OCH3 is 1. The van der Waals surface area contributed by atoms with E-state index < -0.39 is 0 Å². The van der Waals surface area contributed by atoms with Crippen LogP contribution in [0.4, 0.5) is 22.7 Å². The van der Waals surface area contributed by atoms with Gasteiger partial charge in [0, 0.05) is 16.9 Å². The van der Waals surface area contributed by atoms with Crippen LogP contribution in [-0.4, -0.2) is 18.9 Å². The molecule has 160 valence electrons. The first-order valence-corrected chi connectivity index (χ1v) is 10.8. The summed E-state index contributed by atoms with van der Waals surface area (Å²) in [5.74, 6) is 0.355. The van der Waals surface area contributed by atoms with Crippen molar-refractivity contribution in [3.8, 4) is 5.75 Å². The van der Waals surface area contributed by atoms with Crippen molar-refractivity contribution in [1.82, 2.24) is 0 Å². The largest absolute Gasteiger partial charge is 0.497 e. The van der Waals surface area contributed by atoms with Crippen LogP contribution in [0.1, 0.15) is 20.0 Å². The summed E-state index contributed by atoms with van der Waals surface area (Å²) >= 11 is 1.37. The van der Waals surface area contributed by atoms with E-state index in [1.807, 2.05) is 60.0 Å². The molecular weight excluding hydrogens is 422 g/mol. The molecule has 0 bridgehead atoms. The van der Waals surface area contributed by atoms with E-state index in [0.717, 1.165) is 17.1 Å². The van der Waals surface area contributed by atoms with Crippen molar-refractivity contribution in [1.29, 1.82) is 0 Å². The van der Waals surface area contributed by atoms with E-state index in [2.05, 4.69) is 16.0 Å². The maximum absolute atomic E-state index is 12.8. The van der Waals surface area contributed by atoms with Crippen molar-refractivity contribution < 1.29 is 14.3 Å². The molecule has 1 aromatic heterocycles. The minimum Gasteiger partial charge on any atom is -0.497 e. The number of para-hydroxylation sites is 2. The number of amides is 2. The first-order valence-electron chi connectivity index (χ1n) is 9.89. The van der Waals surface area contributed by atoms with Gasteiger partial charge in [0.15, 0.2) is 0 Å². The Balaban J connectivity index is 1.43. The Morgan fingerprint density at radius 3 is 2.06 bits per heavy atom. The van der Waals surface area contributed by atoms with E-state index in [4.69, 9.17) is 4.74 Å². The number of carbonyl (C=O) groups is 2. The number of rotatable bonds is 7. The third-order valence-corrected chi connectivity index (χ3v) is 5.56. The predicted molar refractivity (Wildman–Crippen MR) is 129 cm³/mol. The summed E-state index contributed by atoms with van der Waals surface area (Å²) in [6, 6.07) is 25.4. The highest BCUT2D eigenvalue weighted by molar-refractivity contribution is 7.12. The summed E-state index contributed by atoms with van der Waals surface area (Å²) in [5.41, 5.74) is 3.41. The average Bonchev–Trinajstić information content (AvgIpc) is 3.37. The van der Waals surface area contributed by atoms with Gasteiger partial charge in [-0.2, -0.15) is 0 Å². The third kappa shape index (κ3) is 5.14. The fraction of sp³-hybridized carbons (Fsp3) is 0.0400. The zero-order valence-electron chi connectivity index (χ0n) is 17.3. The van der Waals surface area contributed by atoms with Crippen molar-refractivity contribution in [3.63, 3.8) is 0 Å². The van der Waals surface area contributed by atoms with Gasteiger partial charge < -0.3 is 20.7 Å². The Morgan fingerprint density at radius 1 is 0.719 bits per heavy atom. The van der Waals surface area contributed by atoms with Gasteiger partial charge in [0.1, 0.15) is 5.75 Å². The molecule has 0 radical (unpaired) electrons. The second-order valence-corrected chi connectivity index (χ2v) is 7.81. The Morgan fingerprint density at radius 2 is 1.41 bits per heavy atom. The highest BCUT2D eigenvalue weighted by atomic mass is 32.1. The van der Waals surface area contributed by atoms with Crippen molar-refractivity contribution >= 4 is 45.9 Å². The van der Waals surface area contributed by atoms with Crippen LogP contribution in [0.5, 0.6) is 5.75 Å². The quantitative estimate of drug-likeness (QED) is 0.327. The summed E-state index contributed by atoms with van der Waals surface area (Å²) in [6.07, 6.45) is 0. The summed E-state index contributed by atoms with van der Waals surface area (Å²) in [7, 11) is 1.62. The van der Waals surface area contributed by atoms with Gasteiger partial charge in [-0.1, -0.05) is 18.2 Å². The average molecular weight is 444 g/mol. The molecule has 0 saturated carbocycles. The number of anilines is 4. The number of carbonyl (C=O) groups excluding carboxylic acids is 2. The number of benzene rings is 3. The van der Waals surface area contributed by atoms with E-state index in [1.54, 1.807) is 37.4 Å². The molecule has 32 heavy (non-hydrogen) atoms. The minimum absolute atomic E-state index is 0.171. The molecule has 3 N–H and O–H groups in total. The highest BCUT2D eigenvalue weighted by Gasteiger charge is 2.11. The Labute approximate surface area is 189 Å². The second-order valence-electron chi connectivity index (χ2n) is 6.86. The van der Waals surface area contributed by atoms with Gasteiger partial charge in [0.25, 0.3) is 11.8 Å². The predicted octanol–water partition coefficient (Wildman–Crippen LogP) is 6.00. The molecule has 0 aliphatic heterocycles. The topological polar surface area (TPSA) is 79.5 Å². The molecule has 0 spiro atoms. The summed E-state index contributed by atoms with van der Waals surface area (Å²) in [6.45, 7) is 0.